The summed E-state index contributed by atoms with van der Waals surface area (Å²) in [4.78, 5) is 2.54. The maximum absolute atomic E-state index is 5.86. The summed E-state index contributed by atoms with van der Waals surface area (Å²) in [5.74, 6) is 0.979. The van der Waals surface area contributed by atoms with Crippen molar-refractivity contribution >= 4 is 0 Å². The summed E-state index contributed by atoms with van der Waals surface area (Å²) in [5, 5.41) is 3.64. The molecule has 0 saturated carbocycles. The summed E-state index contributed by atoms with van der Waals surface area (Å²) >= 11 is 0. The molecule has 3 heteroatoms. The van der Waals surface area contributed by atoms with Crippen molar-refractivity contribution in [1.29, 1.82) is 0 Å². The first-order chi connectivity index (χ1) is 10.3. The second-order valence-corrected chi connectivity index (χ2v) is 6.11. The first-order valence-electron chi connectivity index (χ1n) is 8.43. The Balaban J connectivity index is 1.72. The third kappa shape index (κ3) is 6.06. The van der Waals surface area contributed by atoms with Gasteiger partial charge in [0.05, 0.1) is 0 Å². The van der Waals surface area contributed by atoms with Crippen molar-refractivity contribution in [2.45, 2.75) is 45.6 Å². The molecule has 3 nitrogen and oxygen atoms in total. The molecule has 0 aromatic heterocycles. The van der Waals surface area contributed by atoms with Gasteiger partial charge in [-0.1, -0.05) is 31.0 Å². The fourth-order valence-corrected chi connectivity index (χ4v) is 2.93. The molecule has 1 aliphatic rings. The third-order valence-electron chi connectivity index (χ3n) is 4.13. The number of hydrogen-bond donors (Lipinski definition) is 1. The van der Waals surface area contributed by atoms with Crippen LogP contribution in [-0.2, 0) is 0 Å². The van der Waals surface area contributed by atoms with Crippen LogP contribution < -0.4 is 10.1 Å². The lowest BCUT2D eigenvalue weighted by molar-refractivity contribution is 0.184. The molecule has 1 aromatic rings. The van der Waals surface area contributed by atoms with Crippen LogP contribution in [-0.4, -0.2) is 43.7 Å². The lowest BCUT2D eigenvalue weighted by atomic mass is 10.0. The van der Waals surface area contributed by atoms with Gasteiger partial charge in [0.15, 0.2) is 0 Å². The monoisotopic (exact) mass is 290 g/mol. The van der Waals surface area contributed by atoms with E-state index in [0.717, 1.165) is 32.0 Å². The van der Waals surface area contributed by atoms with Crippen molar-refractivity contribution in [3.8, 4) is 5.75 Å². The topological polar surface area (TPSA) is 24.5 Å². The number of ether oxygens (including phenoxy) is 1. The van der Waals surface area contributed by atoms with E-state index in [9.17, 15) is 0 Å². The van der Waals surface area contributed by atoms with Crippen LogP contribution in [0.5, 0.6) is 5.75 Å². The molecule has 1 N–H and O–H groups in total. The summed E-state index contributed by atoms with van der Waals surface area (Å²) in [7, 11) is 0. The van der Waals surface area contributed by atoms with E-state index in [2.05, 4.69) is 48.3 Å². The molecule has 1 fully saturated rings. The Morgan fingerprint density at radius 2 is 2.00 bits per heavy atom. The maximum Gasteiger partial charge on any atom is 0.119 e. The fraction of sp³-hybridized carbons (Fsp3) is 0.667. The lowest BCUT2D eigenvalue weighted by Gasteiger charge is -2.30. The first-order valence-corrected chi connectivity index (χ1v) is 8.43. The van der Waals surface area contributed by atoms with Crippen molar-refractivity contribution < 1.29 is 4.74 Å². The number of nitrogens with one attached hydrogen (secondary N) is 1. The van der Waals surface area contributed by atoms with Gasteiger partial charge in [-0.3, -0.25) is 4.90 Å². The minimum atomic E-state index is 0.671. The van der Waals surface area contributed by atoms with Crippen molar-refractivity contribution in [1.82, 2.24) is 10.2 Å². The molecule has 0 radical (unpaired) electrons. The smallest absolute Gasteiger partial charge is 0.119 e. The van der Waals surface area contributed by atoms with E-state index in [4.69, 9.17) is 4.74 Å². The Labute approximate surface area is 129 Å². The normalized spacial score (nSPS) is 18.9. The fourth-order valence-electron chi connectivity index (χ4n) is 2.93. The molecule has 1 saturated heterocycles. The molecular formula is C18H30N2O. The number of nitrogens with zero attached hydrogens (tertiary/aromatic N) is 1. The largest absolute Gasteiger partial charge is 0.492 e. The second-order valence-electron chi connectivity index (χ2n) is 6.11. The average Bonchev–Trinajstić information content (AvgIpc) is 2.50. The lowest BCUT2D eigenvalue weighted by Crippen LogP contribution is -2.45. The Bertz CT molecular complexity index is 385. The minimum absolute atomic E-state index is 0.671. The number of rotatable bonds is 8. The average molecular weight is 290 g/mol. The summed E-state index contributed by atoms with van der Waals surface area (Å²) in [6.07, 6.45) is 5.23. The van der Waals surface area contributed by atoms with E-state index in [1.165, 1.54) is 37.8 Å². The molecule has 0 amide bonds. The zero-order valence-electron chi connectivity index (χ0n) is 13.6. The predicted octanol–water partition coefficient (Wildman–Crippen LogP) is 3.23. The highest BCUT2D eigenvalue weighted by Crippen LogP contribution is 2.12. The molecule has 2 rings (SSSR count). The summed E-state index contributed by atoms with van der Waals surface area (Å²) < 4.78 is 5.86. The summed E-state index contributed by atoms with van der Waals surface area (Å²) in [6, 6.07) is 8.99. The van der Waals surface area contributed by atoms with E-state index in [1.807, 2.05) is 0 Å². The minimum Gasteiger partial charge on any atom is -0.492 e. The molecule has 1 aromatic carbocycles. The van der Waals surface area contributed by atoms with Gasteiger partial charge in [0.1, 0.15) is 12.4 Å². The quantitative estimate of drug-likeness (QED) is 0.795. The van der Waals surface area contributed by atoms with Gasteiger partial charge < -0.3 is 10.1 Å². The molecule has 1 aliphatic heterocycles. The van der Waals surface area contributed by atoms with Gasteiger partial charge in [-0.2, -0.15) is 0 Å². The molecular weight excluding hydrogens is 260 g/mol. The maximum atomic E-state index is 5.86. The zero-order valence-corrected chi connectivity index (χ0v) is 13.6. The Kier molecular flexibility index (Phi) is 7.04. The highest BCUT2D eigenvalue weighted by molar-refractivity contribution is 5.26. The molecule has 0 aliphatic carbocycles. The Morgan fingerprint density at radius 1 is 1.19 bits per heavy atom. The second kappa shape index (κ2) is 9.06. The van der Waals surface area contributed by atoms with E-state index in [-0.39, 0.29) is 0 Å². The highest BCUT2D eigenvalue weighted by atomic mass is 16.5. The first kappa shape index (κ1) is 16.3. The van der Waals surface area contributed by atoms with Gasteiger partial charge in [0, 0.05) is 19.1 Å². The standard InChI is InChI=1S/C18H30N2O/c1-3-12-20(15-17-6-4-5-11-19-17)13-14-21-18-9-7-16(2)8-10-18/h7-10,17,19H,3-6,11-15H2,1-2H3. The Hall–Kier alpha value is -1.06. The molecule has 1 atom stereocenters. The molecule has 1 unspecified atom stereocenters. The molecule has 118 valence electrons. The van der Waals surface area contributed by atoms with Gasteiger partial charge in [-0.05, 0) is 51.4 Å². The van der Waals surface area contributed by atoms with Gasteiger partial charge in [-0.15, -0.1) is 0 Å². The van der Waals surface area contributed by atoms with Crippen LogP contribution in [0.3, 0.4) is 0 Å². The van der Waals surface area contributed by atoms with Crippen LogP contribution in [0.2, 0.25) is 0 Å². The highest BCUT2D eigenvalue weighted by Gasteiger charge is 2.16. The SMILES string of the molecule is CCCN(CCOc1ccc(C)cc1)CC1CCCCN1. The van der Waals surface area contributed by atoms with Gasteiger partial charge in [-0.25, -0.2) is 0 Å². The van der Waals surface area contributed by atoms with E-state index in [1.54, 1.807) is 0 Å². The van der Waals surface area contributed by atoms with Crippen molar-refractivity contribution in [2.24, 2.45) is 0 Å². The van der Waals surface area contributed by atoms with E-state index >= 15 is 0 Å². The number of benzene rings is 1. The summed E-state index contributed by atoms with van der Waals surface area (Å²) in [5.41, 5.74) is 1.28. The van der Waals surface area contributed by atoms with Crippen LogP contribution >= 0.6 is 0 Å². The van der Waals surface area contributed by atoms with E-state index < -0.39 is 0 Å². The van der Waals surface area contributed by atoms with Crippen LogP contribution in [0.1, 0.15) is 38.2 Å². The van der Waals surface area contributed by atoms with Crippen molar-refractivity contribution in [2.75, 3.05) is 32.8 Å². The molecule has 0 bridgehead atoms. The van der Waals surface area contributed by atoms with Crippen LogP contribution in [0, 0.1) is 6.92 Å². The van der Waals surface area contributed by atoms with E-state index in [0.29, 0.717) is 6.04 Å². The Morgan fingerprint density at radius 3 is 2.67 bits per heavy atom. The van der Waals surface area contributed by atoms with Crippen molar-refractivity contribution in [3.05, 3.63) is 29.8 Å². The number of hydrogen-bond acceptors (Lipinski definition) is 3. The van der Waals surface area contributed by atoms with Crippen molar-refractivity contribution in [3.63, 3.8) is 0 Å². The van der Waals surface area contributed by atoms with Crippen LogP contribution in [0.15, 0.2) is 24.3 Å². The zero-order chi connectivity index (χ0) is 14.9. The molecule has 1 heterocycles. The van der Waals surface area contributed by atoms with Gasteiger partial charge >= 0.3 is 0 Å². The number of piperidine rings is 1. The van der Waals surface area contributed by atoms with Gasteiger partial charge in [0.25, 0.3) is 0 Å². The van der Waals surface area contributed by atoms with Crippen LogP contribution in [0.4, 0.5) is 0 Å². The molecule has 0 spiro atoms. The number of aryl methyl sites for hydroxylation is 1. The van der Waals surface area contributed by atoms with Crippen LogP contribution in [0.25, 0.3) is 0 Å². The van der Waals surface area contributed by atoms with Gasteiger partial charge in [0.2, 0.25) is 0 Å². The third-order valence-corrected chi connectivity index (χ3v) is 4.13. The predicted molar refractivity (Wildman–Crippen MR) is 89.0 cm³/mol. The molecule has 21 heavy (non-hydrogen) atoms. The summed E-state index contributed by atoms with van der Waals surface area (Å²) in [6.45, 7) is 9.65.